The van der Waals surface area contributed by atoms with Gasteiger partial charge in [-0.25, -0.2) is 4.79 Å². The van der Waals surface area contributed by atoms with Crippen molar-refractivity contribution in [3.05, 3.63) is 48.0 Å². The fourth-order valence-electron chi connectivity index (χ4n) is 4.49. The third-order valence-corrected chi connectivity index (χ3v) is 6.36. The number of nitrogens with one attached hydrogen (secondary N) is 2. The monoisotopic (exact) mass is 498 g/mol. The molecule has 9 nitrogen and oxygen atoms in total. The summed E-state index contributed by atoms with van der Waals surface area (Å²) in [5.74, 6) is -0.353. The van der Waals surface area contributed by atoms with Gasteiger partial charge in [-0.2, -0.15) is 0 Å². The van der Waals surface area contributed by atoms with E-state index >= 15 is 0 Å². The van der Waals surface area contributed by atoms with Crippen LogP contribution in [-0.2, 0) is 25.5 Å². The highest BCUT2D eigenvalue weighted by molar-refractivity contribution is 5.89. The van der Waals surface area contributed by atoms with Crippen LogP contribution in [0.1, 0.15) is 38.2 Å². The summed E-state index contributed by atoms with van der Waals surface area (Å²) in [5.41, 5.74) is 1.35. The Morgan fingerprint density at radius 2 is 1.75 bits per heavy atom. The van der Waals surface area contributed by atoms with E-state index in [0.29, 0.717) is 43.9 Å². The third-order valence-electron chi connectivity index (χ3n) is 6.36. The van der Waals surface area contributed by atoms with Crippen molar-refractivity contribution in [1.29, 1.82) is 0 Å². The summed E-state index contributed by atoms with van der Waals surface area (Å²) < 4.78 is 16.8. The molecule has 36 heavy (non-hydrogen) atoms. The first-order valence-corrected chi connectivity index (χ1v) is 12.0. The van der Waals surface area contributed by atoms with Crippen LogP contribution in [0.3, 0.4) is 0 Å². The average molecular weight is 499 g/mol. The molecule has 1 unspecified atom stereocenters. The van der Waals surface area contributed by atoms with Gasteiger partial charge in [0.1, 0.15) is 23.1 Å². The molecule has 2 amide bonds. The van der Waals surface area contributed by atoms with E-state index in [2.05, 4.69) is 10.6 Å². The normalized spacial score (nSPS) is 17.8. The Labute approximate surface area is 211 Å². The van der Waals surface area contributed by atoms with E-state index in [9.17, 15) is 19.5 Å². The molecule has 0 aliphatic carbocycles. The smallest absolute Gasteiger partial charge is 0.326 e. The van der Waals surface area contributed by atoms with Crippen molar-refractivity contribution in [2.24, 2.45) is 0 Å². The van der Waals surface area contributed by atoms with E-state index in [-0.39, 0.29) is 12.3 Å². The van der Waals surface area contributed by atoms with Crippen molar-refractivity contribution in [2.45, 2.75) is 50.7 Å². The zero-order valence-corrected chi connectivity index (χ0v) is 21.0. The molecular formula is C27H34N2O7. The van der Waals surface area contributed by atoms with E-state index in [4.69, 9.17) is 14.2 Å². The number of hydrogen-bond acceptors (Lipinski definition) is 6. The largest absolute Gasteiger partial charge is 0.496 e. The van der Waals surface area contributed by atoms with E-state index in [1.54, 1.807) is 14.2 Å². The molecule has 194 valence electrons. The minimum Gasteiger partial charge on any atom is -0.496 e. The summed E-state index contributed by atoms with van der Waals surface area (Å²) in [4.78, 5) is 36.3. The van der Waals surface area contributed by atoms with Gasteiger partial charge < -0.3 is 30.0 Å². The molecule has 1 saturated heterocycles. The number of amides is 2. The first-order valence-electron chi connectivity index (χ1n) is 12.0. The quantitative estimate of drug-likeness (QED) is 0.385. The molecular weight excluding hydrogens is 464 g/mol. The van der Waals surface area contributed by atoms with Crippen LogP contribution in [0.15, 0.2) is 42.5 Å². The fraction of sp³-hybridized carbons (Fsp3) is 0.444. The second-order valence-electron chi connectivity index (χ2n) is 8.84. The van der Waals surface area contributed by atoms with Crippen LogP contribution >= 0.6 is 0 Å². The molecule has 0 aromatic heterocycles. The van der Waals surface area contributed by atoms with Crippen LogP contribution in [-0.4, -0.2) is 61.9 Å². The van der Waals surface area contributed by atoms with Crippen LogP contribution in [0.5, 0.6) is 11.5 Å². The molecule has 3 N–H and O–H groups in total. The summed E-state index contributed by atoms with van der Waals surface area (Å²) in [6.07, 6.45) is 2.31. The Kier molecular flexibility index (Phi) is 9.30. The lowest BCUT2D eigenvalue weighted by atomic mass is 9.92. The highest BCUT2D eigenvalue weighted by Gasteiger charge is 2.43. The number of carboxylic acid groups (broad SMARTS) is 1. The van der Waals surface area contributed by atoms with Crippen LogP contribution in [0, 0.1) is 0 Å². The summed E-state index contributed by atoms with van der Waals surface area (Å²) in [7, 11) is 3.18. The summed E-state index contributed by atoms with van der Waals surface area (Å²) in [5, 5.41) is 15.2. The van der Waals surface area contributed by atoms with Gasteiger partial charge in [-0.3, -0.25) is 9.59 Å². The van der Waals surface area contributed by atoms with Crippen LogP contribution in [0.4, 0.5) is 0 Å². The maximum atomic E-state index is 13.2. The van der Waals surface area contributed by atoms with Gasteiger partial charge in [0.15, 0.2) is 0 Å². The van der Waals surface area contributed by atoms with Crippen molar-refractivity contribution in [1.82, 2.24) is 10.6 Å². The molecule has 0 spiro atoms. The number of carbonyl (C=O) groups excluding carboxylic acids is 2. The highest BCUT2D eigenvalue weighted by atomic mass is 16.5. The summed E-state index contributed by atoms with van der Waals surface area (Å²) in [6, 6.07) is 11.8. The molecule has 0 bridgehead atoms. The Morgan fingerprint density at radius 3 is 2.28 bits per heavy atom. The SMILES string of the molecule is COc1cccc(OC)c1-c1ccc(C[C@H](NC(=O)C2(CCCNC(C)=O)CCCO2)C(=O)O)cc1. The van der Waals surface area contributed by atoms with Crippen molar-refractivity contribution >= 4 is 17.8 Å². The van der Waals surface area contributed by atoms with E-state index in [1.807, 2.05) is 42.5 Å². The number of hydrogen-bond donors (Lipinski definition) is 3. The Bertz CT molecular complexity index is 1040. The zero-order chi connectivity index (χ0) is 26.1. The second kappa shape index (κ2) is 12.4. The third kappa shape index (κ3) is 6.54. The number of benzene rings is 2. The minimum atomic E-state index is -1.12. The molecule has 1 aliphatic rings. The number of aliphatic carboxylic acids is 1. The second-order valence-corrected chi connectivity index (χ2v) is 8.84. The van der Waals surface area contributed by atoms with Crippen molar-refractivity contribution in [3.63, 3.8) is 0 Å². The number of ether oxygens (including phenoxy) is 3. The number of carbonyl (C=O) groups is 3. The molecule has 9 heteroatoms. The first-order chi connectivity index (χ1) is 17.3. The van der Waals surface area contributed by atoms with Gasteiger partial charge in [-0.05, 0) is 48.9 Å². The van der Waals surface area contributed by atoms with Gasteiger partial charge in [0, 0.05) is 26.5 Å². The van der Waals surface area contributed by atoms with Crippen LogP contribution in [0.25, 0.3) is 11.1 Å². The molecule has 2 aromatic rings. The lowest BCUT2D eigenvalue weighted by Gasteiger charge is -2.29. The molecule has 1 fully saturated rings. The van der Waals surface area contributed by atoms with Gasteiger partial charge in [0.05, 0.1) is 19.8 Å². The Hall–Kier alpha value is -3.59. The maximum Gasteiger partial charge on any atom is 0.326 e. The minimum absolute atomic E-state index is 0.117. The predicted octanol–water partition coefficient (Wildman–Crippen LogP) is 2.95. The van der Waals surface area contributed by atoms with Crippen molar-refractivity contribution in [3.8, 4) is 22.6 Å². The number of methoxy groups -OCH3 is 2. The average Bonchev–Trinajstić information content (AvgIpc) is 3.36. The maximum absolute atomic E-state index is 13.2. The van der Waals surface area contributed by atoms with Gasteiger partial charge in [-0.15, -0.1) is 0 Å². The van der Waals surface area contributed by atoms with Gasteiger partial charge in [0.2, 0.25) is 5.91 Å². The molecule has 0 radical (unpaired) electrons. The van der Waals surface area contributed by atoms with E-state index in [0.717, 1.165) is 23.1 Å². The number of carboxylic acids is 1. The zero-order valence-electron chi connectivity index (χ0n) is 21.0. The highest BCUT2D eigenvalue weighted by Crippen LogP contribution is 2.38. The topological polar surface area (TPSA) is 123 Å². The van der Waals surface area contributed by atoms with Gasteiger partial charge in [-0.1, -0.05) is 30.3 Å². The summed E-state index contributed by atoms with van der Waals surface area (Å²) >= 11 is 0. The molecule has 3 rings (SSSR count). The standard InChI is InChI=1S/C27H34N2O7/c1-18(30)28-15-5-13-27(14-6-16-36-27)26(33)29-21(25(31)32)17-19-9-11-20(12-10-19)24-22(34-2)7-4-8-23(24)35-3/h4,7-12,21H,5-6,13-17H2,1-3H3,(H,28,30)(H,29,33)(H,31,32)/t21-,27?/m0/s1. The molecule has 2 atom stereocenters. The molecule has 0 saturated carbocycles. The van der Waals surface area contributed by atoms with E-state index < -0.39 is 23.5 Å². The van der Waals surface area contributed by atoms with Crippen molar-refractivity contribution in [2.75, 3.05) is 27.4 Å². The van der Waals surface area contributed by atoms with Crippen LogP contribution in [0.2, 0.25) is 0 Å². The fourth-order valence-corrected chi connectivity index (χ4v) is 4.49. The molecule has 1 heterocycles. The first kappa shape index (κ1) is 27.0. The lowest BCUT2D eigenvalue weighted by molar-refractivity contribution is -0.149. The van der Waals surface area contributed by atoms with Crippen molar-refractivity contribution < 1.29 is 33.7 Å². The Morgan fingerprint density at radius 1 is 1.08 bits per heavy atom. The van der Waals surface area contributed by atoms with Gasteiger partial charge >= 0.3 is 5.97 Å². The van der Waals surface area contributed by atoms with Crippen LogP contribution < -0.4 is 20.1 Å². The summed E-state index contributed by atoms with van der Waals surface area (Å²) in [6.45, 7) is 2.31. The lowest BCUT2D eigenvalue weighted by Crippen LogP contribution is -2.53. The van der Waals surface area contributed by atoms with E-state index in [1.165, 1.54) is 6.92 Å². The number of rotatable bonds is 12. The predicted molar refractivity (Wildman–Crippen MR) is 134 cm³/mol. The van der Waals surface area contributed by atoms with Gasteiger partial charge in [0.25, 0.3) is 5.91 Å². The molecule has 1 aliphatic heterocycles. The Balaban J connectivity index is 1.71. The molecule has 2 aromatic carbocycles.